The lowest BCUT2D eigenvalue weighted by Crippen LogP contribution is -1.98. The number of rotatable bonds is 1. The topological polar surface area (TPSA) is 50.4 Å². The smallest absolute Gasteiger partial charge is 0.336 e. The third-order valence-corrected chi connectivity index (χ3v) is 3.12. The van der Waals surface area contributed by atoms with Gasteiger partial charge in [0.1, 0.15) is 17.1 Å². The Morgan fingerprint density at radius 3 is 2.50 bits per heavy atom. The Kier molecular flexibility index (Phi) is 2.79. The third-order valence-electron chi connectivity index (χ3n) is 3.12. The predicted octanol–water partition coefficient (Wildman–Crippen LogP) is 3.61. The third kappa shape index (κ3) is 2.05. The Balaban J connectivity index is 2.40. The van der Waals surface area contributed by atoms with Gasteiger partial charge < -0.3 is 9.52 Å². The summed E-state index contributed by atoms with van der Waals surface area (Å²) in [6.45, 7) is 1.80. The van der Waals surface area contributed by atoms with Gasteiger partial charge in [-0.25, -0.2) is 9.18 Å². The molecule has 1 N–H and O–H groups in total. The van der Waals surface area contributed by atoms with Gasteiger partial charge in [0.25, 0.3) is 0 Å². The first kappa shape index (κ1) is 12.4. The second kappa shape index (κ2) is 4.49. The molecule has 1 aromatic heterocycles. The molecule has 0 aliphatic heterocycles. The Labute approximate surface area is 113 Å². The Bertz CT molecular complexity index is 848. The van der Waals surface area contributed by atoms with Crippen LogP contribution in [0.4, 0.5) is 4.39 Å². The number of phenolic OH excluding ortho intramolecular Hbond substituents is 1. The van der Waals surface area contributed by atoms with E-state index >= 15 is 0 Å². The van der Waals surface area contributed by atoms with E-state index in [-0.39, 0.29) is 11.6 Å². The number of halogens is 1. The van der Waals surface area contributed by atoms with Crippen molar-refractivity contribution in [2.75, 3.05) is 0 Å². The van der Waals surface area contributed by atoms with E-state index in [1.165, 1.54) is 18.2 Å². The van der Waals surface area contributed by atoms with Gasteiger partial charge in [0, 0.05) is 11.6 Å². The molecule has 0 saturated heterocycles. The summed E-state index contributed by atoms with van der Waals surface area (Å²) in [6.07, 6.45) is 0. The summed E-state index contributed by atoms with van der Waals surface area (Å²) in [7, 11) is 0. The lowest BCUT2D eigenvalue weighted by atomic mass is 10.0. The van der Waals surface area contributed by atoms with Crippen LogP contribution in [0.15, 0.2) is 51.7 Å². The van der Waals surface area contributed by atoms with Gasteiger partial charge in [-0.3, -0.25) is 0 Å². The van der Waals surface area contributed by atoms with Gasteiger partial charge in [-0.2, -0.15) is 0 Å². The van der Waals surface area contributed by atoms with Crippen LogP contribution in [0, 0.1) is 12.7 Å². The molecule has 0 bridgehead atoms. The zero-order chi connectivity index (χ0) is 14.3. The molecule has 0 saturated carbocycles. The summed E-state index contributed by atoms with van der Waals surface area (Å²) in [5.74, 6) is -0.329. The van der Waals surface area contributed by atoms with E-state index < -0.39 is 5.63 Å². The number of aryl methyl sites for hydroxylation is 1. The molecular weight excluding hydrogens is 259 g/mol. The van der Waals surface area contributed by atoms with Crippen LogP contribution in [-0.4, -0.2) is 5.11 Å². The molecule has 100 valence electrons. The molecule has 0 aliphatic carbocycles. The highest BCUT2D eigenvalue weighted by Gasteiger charge is 2.12. The number of fused-ring (bicyclic) bond motifs is 1. The standard InChI is InChI=1S/C16H11FO3/c1-9-6-13(18)16-12(8-15(19)20-14(16)7-9)10-2-4-11(17)5-3-10/h2-8,18H,1H3. The fourth-order valence-electron chi connectivity index (χ4n) is 2.27. The van der Waals surface area contributed by atoms with Gasteiger partial charge in [-0.15, -0.1) is 0 Å². The zero-order valence-electron chi connectivity index (χ0n) is 10.7. The van der Waals surface area contributed by atoms with Crippen LogP contribution in [0.25, 0.3) is 22.1 Å². The van der Waals surface area contributed by atoms with Crippen molar-refractivity contribution in [1.29, 1.82) is 0 Å². The summed E-state index contributed by atoms with van der Waals surface area (Å²) >= 11 is 0. The van der Waals surface area contributed by atoms with Crippen molar-refractivity contribution >= 4 is 11.0 Å². The summed E-state index contributed by atoms with van der Waals surface area (Å²) < 4.78 is 18.1. The van der Waals surface area contributed by atoms with Crippen molar-refractivity contribution in [2.45, 2.75) is 6.92 Å². The molecule has 0 radical (unpaired) electrons. The van der Waals surface area contributed by atoms with Crippen molar-refractivity contribution in [3.63, 3.8) is 0 Å². The predicted molar refractivity (Wildman–Crippen MR) is 74.3 cm³/mol. The van der Waals surface area contributed by atoms with Crippen molar-refractivity contribution in [3.8, 4) is 16.9 Å². The highest BCUT2D eigenvalue weighted by Crippen LogP contribution is 2.34. The average molecular weight is 270 g/mol. The van der Waals surface area contributed by atoms with Gasteiger partial charge in [-0.1, -0.05) is 12.1 Å². The molecule has 0 unspecified atom stereocenters. The van der Waals surface area contributed by atoms with E-state index in [2.05, 4.69) is 0 Å². The largest absolute Gasteiger partial charge is 0.507 e. The SMILES string of the molecule is Cc1cc(O)c2c(-c3ccc(F)cc3)cc(=O)oc2c1. The Hall–Kier alpha value is -2.62. The lowest BCUT2D eigenvalue weighted by molar-refractivity contribution is 0.478. The maximum absolute atomic E-state index is 13.0. The van der Waals surface area contributed by atoms with E-state index in [1.54, 1.807) is 31.2 Å². The first-order chi connectivity index (χ1) is 9.54. The number of hydrogen-bond acceptors (Lipinski definition) is 3. The highest BCUT2D eigenvalue weighted by atomic mass is 19.1. The van der Waals surface area contributed by atoms with Crippen LogP contribution in [0.5, 0.6) is 5.75 Å². The summed E-state index contributed by atoms with van der Waals surface area (Å²) in [6, 6.07) is 10.3. The van der Waals surface area contributed by atoms with Gasteiger partial charge in [0.2, 0.25) is 0 Å². The van der Waals surface area contributed by atoms with E-state index in [9.17, 15) is 14.3 Å². The van der Waals surface area contributed by atoms with Gasteiger partial charge in [0.05, 0.1) is 5.39 Å². The molecule has 0 amide bonds. The quantitative estimate of drug-likeness (QED) is 0.687. The summed E-state index contributed by atoms with van der Waals surface area (Å²) in [5.41, 5.74) is 1.75. The number of hydrogen-bond donors (Lipinski definition) is 1. The van der Waals surface area contributed by atoms with E-state index in [0.717, 1.165) is 5.56 Å². The first-order valence-corrected chi connectivity index (χ1v) is 6.08. The lowest BCUT2D eigenvalue weighted by Gasteiger charge is -2.08. The molecule has 1 heterocycles. The van der Waals surface area contributed by atoms with Crippen LogP contribution in [0.1, 0.15) is 5.56 Å². The van der Waals surface area contributed by atoms with E-state index in [1.807, 2.05) is 0 Å². The molecule has 2 aromatic carbocycles. The van der Waals surface area contributed by atoms with Gasteiger partial charge in [0.15, 0.2) is 0 Å². The van der Waals surface area contributed by atoms with Crippen LogP contribution in [0.3, 0.4) is 0 Å². The monoisotopic (exact) mass is 270 g/mol. The van der Waals surface area contributed by atoms with E-state index in [0.29, 0.717) is 22.1 Å². The van der Waals surface area contributed by atoms with Crippen LogP contribution in [0.2, 0.25) is 0 Å². The second-order valence-corrected chi connectivity index (χ2v) is 4.64. The fourth-order valence-corrected chi connectivity index (χ4v) is 2.27. The molecule has 0 atom stereocenters. The van der Waals surface area contributed by atoms with Gasteiger partial charge >= 0.3 is 5.63 Å². The molecule has 3 rings (SSSR count). The Morgan fingerprint density at radius 2 is 1.80 bits per heavy atom. The van der Waals surface area contributed by atoms with Crippen LogP contribution >= 0.6 is 0 Å². The molecule has 0 fully saturated rings. The minimum absolute atomic E-state index is 0.0306. The van der Waals surface area contributed by atoms with Crippen molar-refractivity contribution in [3.05, 3.63) is 64.3 Å². The molecule has 0 aliphatic rings. The minimum atomic E-state index is -0.512. The first-order valence-electron chi connectivity index (χ1n) is 6.08. The maximum atomic E-state index is 13.0. The molecule has 0 spiro atoms. The zero-order valence-corrected chi connectivity index (χ0v) is 10.7. The average Bonchev–Trinajstić information content (AvgIpc) is 2.37. The summed E-state index contributed by atoms with van der Waals surface area (Å²) in [5, 5.41) is 10.5. The van der Waals surface area contributed by atoms with Gasteiger partial charge in [-0.05, 0) is 42.3 Å². The van der Waals surface area contributed by atoms with Crippen molar-refractivity contribution in [2.24, 2.45) is 0 Å². The second-order valence-electron chi connectivity index (χ2n) is 4.64. The number of benzene rings is 2. The molecule has 20 heavy (non-hydrogen) atoms. The summed E-state index contributed by atoms with van der Waals surface area (Å²) in [4.78, 5) is 11.6. The van der Waals surface area contributed by atoms with Crippen molar-refractivity contribution in [1.82, 2.24) is 0 Å². The highest BCUT2D eigenvalue weighted by molar-refractivity contribution is 5.97. The van der Waals surface area contributed by atoms with Crippen molar-refractivity contribution < 1.29 is 13.9 Å². The maximum Gasteiger partial charge on any atom is 0.336 e. The molecular formula is C16H11FO3. The fraction of sp³-hybridized carbons (Fsp3) is 0.0625. The van der Waals surface area contributed by atoms with Crippen LogP contribution in [-0.2, 0) is 0 Å². The molecule has 4 heteroatoms. The minimum Gasteiger partial charge on any atom is -0.507 e. The number of aromatic hydroxyl groups is 1. The van der Waals surface area contributed by atoms with Crippen LogP contribution < -0.4 is 5.63 Å². The van der Waals surface area contributed by atoms with E-state index in [4.69, 9.17) is 4.42 Å². The number of phenols is 1. The molecule has 3 nitrogen and oxygen atoms in total. The molecule has 3 aromatic rings. The normalized spacial score (nSPS) is 10.9. The Morgan fingerprint density at radius 1 is 1.10 bits per heavy atom.